The number of aromatic nitrogens is 3. The van der Waals surface area contributed by atoms with Gasteiger partial charge in [-0.05, 0) is 72.5 Å². The first-order valence-corrected chi connectivity index (χ1v) is 10.9. The van der Waals surface area contributed by atoms with E-state index in [1.54, 1.807) is 24.5 Å². The minimum Gasteiger partial charge on any atom is -0.491 e. The third-order valence-electron chi connectivity index (χ3n) is 5.65. The molecular formula is C27H25N5O2. The Hall–Kier alpha value is -4.44. The quantitative estimate of drug-likeness (QED) is 0.352. The van der Waals surface area contributed by atoms with Crippen LogP contribution in [0.3, 0.4) is 0 Å². The molecule has 0 amide bonds. The smallest absolute Gasteiger partial charge is 0.153 e. The van der Waals surface area contributed by atoms with Gasteiger partial charge in [0.25, 0.3) is 0 Å². The molecule has 0 atom stereocenters. The van der Waals surface area contributed by atoms with E-state index >= 15 is 0 Å². The number of likely N-dealkylation sites (N-methyl/N-ethyl adjacent to an activating group) is 1. The molecule has 2 heterocycles. The highest BCUT2D eigenvalue weighted by atomic mass is 16.5. The van der Waals surface area contributed by atoms with Crippen molar-refractivity contribution in [1.82, 2.24) is 14.8 Å². The van der Waals surface area contributed by atoms with Gasteiger partial charge in [0.15, 0.2) is 6.29 Å². The van der Waals surface area contributed by atoms with Crippen LogP contribution in [0.15, 0.2) is 73.2 Å². The van der Waals surface area contributed by atoms with Gasteiger partial charge in [-0.3, -0.25) is 4.79 Å². The lowest BCUT2D eigenvalue weighted by atomic mass is 9.97. The number of nitriles is 1. The van der Waals surface area contributed by atoms with Gasteiger partial charge in [0.1, 0.15) is 24.2 Å². The molecule has 2 aromatic carbocycles. The molecule has 2 aromatic heterocycles. The Morgan fingerprint density at radius 2 is 2.00 bits per heavy atom. The van der Waals surface area contributed by atoms with Gasteiger partial charge in [0, 0.05) is 25.6 Å². The molecule has 0 N–H and O–H groups in total. The molecule has 0 unspecified atom stereocenters. The van der Waals surface area contributed by atoms with Gasteiger partial charge in [0.2, 0.25) is 0 Å². The number of ether oxygens (including phenoxy) is 1. The maximum atomic E-state index is 11.8. The van der Waals surface area contributed by atoms with Crippen molar-refractivity contribution in [2.75, 3.05) is 25.1 Å². The number of hydrogen-bond donors (Lipinski definition) is 0. The van der Waals surface area contributed by atoms with Crippen molar-refractivity contribution in [3.05, 3.63) is 101 Å². The van der Waals surface area contributed by atoms with Crippen LogP contribution in [0.5, 0.6) is 5.75 Å². The van der Waals surface area contributed by atoms with Gasteiger partial charge < -0.3 is 9.64 Å². The molecule has 0 radical (unpaired) electrons. The summed E-state index contributed by atoms with van der Waals surface area (Å²) in [5, 5.41) is 13.2. The molecule has 4 aromatic rings. The molecule has 0 spiro atoms. The van der Waals surface area contributed by atoms with E-state index in [4.69, 9.17) is 10.00 Å². The van der Waals surface area contributed by atoms with Crippen LogP contribution in [0, 0.1) is 18.3 Å². The SMILES string of the molecule is Cc1cc(OCCN(C)c2ccc(C#N)cn2)c(C=O)cc1Cc1ccc(-n2cccn2)cc1. The van der Waals surface area contributed by atoms with E-state index < -0.39 is 0 Å². The second-order valence-electron chi connectivity index (χ2n) is 8.02. The van der Waals surface area contributed by atoms with Crippen molar-refractivity contribution in [2.24, 2.45) is 0 Å². The molecule has 170 valence electrons. The summed E-state index contributed by atoms with van der Waals surface area (Å²) in [6.07, 6.45) is 6.77. The fraction of sp³-hybridized carbons (Fsp3) is 0.185. The summed E-state index contributed by atoms with van der Waals surface area (Å²) in [4.78, 5) is 18.0. The van der Waals surface area contributed by atoms with Crippen molar-refractivity contribution < 1.29 is 9.53 Å². The molecule has 34 heavy (non-hydrogen) atoms. The molecule has 0 saturated heterocycles. The monoisotopic (exact) mass is 451 g/mol. The maximum Gasteiger partial charge on any atom is 0.153 e. The Labute approximate surface area is 198 Å². The number of carbonyl (C=O) groups is 1. The lowest BCUT2D eigenvalue weighted by Gasteiger charge is -2.19. The fourth-order valence-electron chi connectivity index (χ4n) is 3.65. The fourth-order valence-corrected chi connectivity index (χ4v) is 3.65. The number of hydrogen-bond acceptors (Lipinski definition) is 6. The normalized spacial score (nSPS) is 10.5. The number of rotatable bonds is 9. The Morgan fingerprint density at radius 3 is 2.65 bits per heavy atom. The Morgan fingerprint density at radius 1 is 1.18 bits per heavy atom. The zero-order valence-electron chi connectivity index (χ0n) is 19.2. The highest BCUT2D eigenvalue weighted by molar-refractivity contribution is 5.80. The van der Waals surface area contributed by atoms with E-state index in [1.807, 2.05) is 60.1 Å². The maximum absolute atomic E-state index is 11.8. The average molecular weight is 452 g/mol. The highest BCUT2D eigenvalue weighted by Crippen LogP contribution is 2.25. The number of aldehydes is 1. The third-order valence-corrected chi connectivity index (χ3v) is 5.65. The first kappa shape index (κ1) is 22.7. The molecule has 0 saturated carbocycles. The summed E-state index contributed by atoms with van der Waals surface area (Å²) in [5.74, 6) is 1.33. The lowest BCUT2D eigenvalue weighted by Crippen LogP contribution is -2.24. The van der Waals surface area contributed by atoms with Crippen molar-refractivity contribution in [1.29, 1.82) is 5.26 Å². The standard InChI is InChI=1S/C27H25N5O2/c1-20-14-26(34-13-12-31(2)27-9-6-22(17-28)18-29-27)24(19-33)16-23(20)15-21-4-7-25(8-5-21)32-11-3-10-30-32/h3-11,14,16,18-19H,12-13,15H2,1-2H3. The topological polar surface area (TPSA) is 84.0 Å². The van der Waals surface area contributed by atoms with Crippen molar-refractivity contribution in [3.63, 3.8) is 0 Å². The number of anilines is 1. The number of carbonyl (C=O) groups excluding carboxylic acids is 1. The third kappa shape index (κ3) is 5.30. The summed E-state index contributed by atoms with van der Waals surface area (Å²) < 4.78 is 7.77. The zero-order valence-corrected chi connectivity index (χ0v) is 19.2. The second-order valence-corrected chi connectivity index (χ2v) is 8.02. The van der Waals surface area contributed by atoms with E-state index in [0.717, 1.165) is 40.9 Å². The minimum absolute atomic E-state index is 0.396. The van der Waals surface area contributed by atoms with E-state index in [-0.39, 0.29) is 0 Å². The van der Waals surface area contributed by atoms with Crippen molar-refractivity contribution >= 4 is 12.1 Å². The van der Waals surface area contributed by atoms with E-state index in [2.05, 4.69) is 28.3 Å². The predicted molar refractivity (Wildman–Crippen MR) is 131 cm³/mol. The predicted octanol–water partition coefficient (Wildman–Crippen LogP) is 4.37. The molecule has 0 bridgehead atoms. The average Bonchev–Trinajstić information content (AvgIpc) is 3.41. The molecule has 0 aliphatic heterocycles. The van der Waals surface area contributed by atoms with Gasteiger partial charge in [-0.2, -0.15) is 10.4 Å². The van der Waals surface area contributed by atoms with Crippen LogP contribution in [-0.4, -0.2) is 41.2 Å². The lowest BCUT2D eigenvalue weighted by molar-refractivity contribution is 0.111. The molecule has 0 aliphatic carbocycles. The zero-order chi connectivity index (χ0) is 23.9. The summed E-state index contributed by atoms with van der Waals surface area (Å²) in [6.45, 7) is 3.01. The number of pyridine rings is 1. The van der Waals surface area contributed by atoms with Gasteiger partial charge >= 0.3 is 0 Å². The van der Waals surface area contributed by atoms with Gasteiger partial charge in [0.05, 0.1) is 23.4 Å². The summed E-state index contributed by atoms with van der Waals surface area (Å²) >= 11 is 0. The van der Waals surface area contributed by atoms with Crippen LogP contribution >= 0.6 is 0 Å². The van der Waals surface area contributed by atoms with E-state index in [9.17, 15) is 4.79 Å². The van der Waals surface area contributed by atoms with E-state index in [0.29, 0.717) is 30.0 Å². The van der Waals surface area contributed by atoms with Gasteiger partial charge in [-0.1, -0.05) is 12.1 Å². The molecule has 7 heteroatoms. The Bertz CT molecular complexity index is 1290. The van der Waals surface area contributed by atoms with Gasteiger partial charge in [-0.25, -0.2) is 9.67 Å². The summed E-state index contributed by atoms with van der Waals surface area (Å²) in [7, 11) is 1.91. The van der Waals surface area contributed by atoms with Crippen LogP contribution in [-0.2, 0) is 6.42 Å². The number of aryl methyl sites for hydroxylation is 1. The first-order chi connectivity index (χ1) is 16.6. The van der Waals surface area contributed by atoms with Crippen molar-refractivity contribution in [3.8, 4) is 17.5 Å². The Kier molecular flexibility index (Phi) is 6.99. The van der Waals surface area contributed by atoms with Crippen LogP contribution < -0.4 is 9.64 Å². The summed E-state index contributed by atoms with van der Waals surface area (Å²) in [5.41, 5.74) is 5.37. The van der Waals surface area contributed by atoms with Crippen molar-refractivity contribution in [2.45, 2.75) is 13.3 Å². The van der Waals surface area contributed by atoms with Crippen LogP contribution in [0.2, 0.25) is 0 Å². The molecule has 7 nitrogen and oxygen atoms in total. The minimum atomic E-state index is 0.396. The molecule has 0 fully saturated rings. The first-order valence-electron chi connectivity index (χ1n) is 10.9. The number of benzene rings is 2. The van der Waals surface area contributed by atoms with E-state index in [1.165, 1.54) is 0 Å². The molecule has 4 rings (SSSR count). The number of nitrogens with zero attached hydrogens (tertiary/aromatic N) is 5. The van der Waals surface area contributed by atoms with Crippen LogP contribution in [0.25, 0.3) is 5.69 Å². The molecular weight excluding hydrogens is 426 g/mol. The highest BCUT2D eigenvalue weighted by Gasteiger charge is 2.11. The largest absolute Gasteiger partial charge is 0.491 e. The Balaban J connectivity index is 1.40. The second kappa shape index (κ2) is 10.5. The summed E-state index contributed by atoms with van der Waals surface area (Å²) in [6, 6.07) is 19.6. The van der Waals surface area contributed by atoms with Gasteiger partial charge in [-0.15, -0.1) is 0 Å². The van der Waals surface area contributed by atoms with Crippen LogP contribution in [0.1, 0.15) is 32.6 Å². The van der Waals surface area contributed by atoms with Crippen LogP contribution in [0.4, 0.5) is 5.82 Å². The molecule has 0 aliphatic rings.